The number of benzene rings is 4. The average Bonchev–Trinajstić information content (AvgIpc) is 3.42. The predicted molar refractivity (Wildman–Crippen MR) is 172 cm³/mol. The molecule has 7 nitrogen and oxygen atoms in total. The van der Waals surface area contributed by atoms with Gasteiger partial charge in [0.1, 0.15) is 0 Å². The highest BCUT2D eigenvalue weighted by atomic mass is 32.2. The van der Waals surface area contributed by atoms with Crippen LogP contribution in [-0.4, -0.2) is 23.5 Å². The van der Waals surface area contributed by atoms with E-state index in [0.717, 1.165) is 22.2 Å². The van der Waals surface area contributed by atoms with Crippen LogP contribution < -0.4 is 10.3 Å². The van der Waals surface area contributed by atoms with E-state index in [1.54, 1.807) is 24.3 Å². The first-order valence-electron chi connectivity index (χ1n) is 14.1. The van der Waals surface area contributed by atoms with Crippen LogP contribution in [0.15, 0.2) is 102 Å². The Morgan fingerprint density at radius 2 is 1.16 bits per heavy atom. The Balaban J connectivity index is 1.40. The highest BCUT2D eigenvalue weighted by Gasteiger charge is 2.29. The molecule has 6 rings (SSSR count). The molecular formula is C35H34N4O3S. The van der Waals surface area contributed by atoms with E-state index in [0.29, 0.717) is 5.56 Å². The van der Waals surface area contributed by atoms with Crippen LogP contribution in [0.25, 0.3) is 21.8 Å². The van der Waals surface area contributed by atoms with Crippen molar-refractivity contribution in [1.82, 2.24) is 19.4 Å². The number of nitrogens with one attached hydrogen (secondary N) is 2. The van der Waals surface area contributed by atoms with Crippen LogP contribution in [0.4, 0.5) is 0 Å². The number of rotatable bonds is 7. The van der Waals surface area contributed by atoms with Gasteiger partial charge >= 0.3 is 0 Å². The number of carbonyl (C=O) groups excluding carboxylic acids is 1. The third-order valence-electron chi connectivity index (χ3n) is 8.61. The molecule has 218 valence electrons. The zero-order valence-corrected chi connectivity index (χ0v) is 25.7. The minimum atomic E-state index is -3.91. The number of hydrogen-bond acceptors (Lipinski definition) is 3. The van der Waals surface area contributed by atoms with E-state index in [-0.39, 0.29) is 10.8 Å². The van der Waals surface area contributed by atoms with Gasteiger partial charge in [0.15, 0.2) is 0 Å². The molecule has 0 atom stereocenters. The molecular weight excluding hydrogens is 556 g/mol. The van der Waals surface area contributed by atoms with Crippen molar-refractivity contribution in [3.63, 3.8) is 0 Å². The SMILES string of the molecule is Cc1ccc(S(=O)(=O)NNC(=O)c2ccc(C(c3c(C)n(C)c4ccccc34)c3c(C)n(C)c4ccccc34)cc2)cc1. The molecule has 0 bridgehead atoms. The molecule has 0 aliphatic carbocycles. The molecule has 2 N–H and O–H groups in total. The second kappa shape index (κ2) is 10.9. The summed E-state index contributed by atoms with van der Waals surface area (Å²) in [7, 11) is 0.286. The summed E-state index contributed by atoms with van der Waals surface area (Å²) in [6.07, 6.45) is 0. The Morgan fingerprint density at radius 3 is 1.67 bits per heavy atom. The number of amides is 1. The fourth-order valence-electron chi connectivity index (χ4n) is 6.10. The van der Waals surface area contributed by atoms with Crippen molar-refractivity contribution < 1.29 is 13.2 Å². The minimum absolute atomic E-state index is 0.0764. The van der Waals surface area contributed by atoms with Gasteiger partial charge in [-0.2, -0.15) is 0 Å². The molecule has 0 spiro atoms. The zero-order valence-electron chi connectivity index (χ0n) is 24.8. The summed E-state index contributed by atoms with van der Waals surface area (Å²) in [4.78, 5) is 15.3. The number of hydrogen-bond donors (Lipinski definition) is 2. The molecule has 0 saturated carbocycles. The molecule has 0 fully saturated rings. The number of carbonyl (C=O) groups is 1. The molecule has 1 amide bonds. The number of fused-ring (bicyclic) bond motifs is 2. The van der Waals surface area contributed by atoms with E-state index in [1.807, 2.05) is 19.1 Å². The van der Waals surface area contributed by atoms with Crippen molar-refractivity contribution in [2.45, 2.75) is 31.6 Å². The van der Waals surface area contributed by atoms with Crippen molar-refractivity contribution in [2.75, 3.05) is 0 Å². The first-order valence-corrected chi connectivity index (χ1v) is 15.6. The molecule has 0 radical (unpaired) electrons. The van der Waals surface area contributed by atoms with E-state index in [1.165, 1.54) is 45.4 Å². The number of sulfonamides is 1. The van der Waals surface area contributed by atoms with Crippen LogP contribution in [0.3, 0.4) is 0 Å². The Morgan fingerprint density at radius 1 is 0.674 bits per heavy atom. The highest BCUT2D eigenvalue weighted by molar-refractivity contribution is 7.89. The smallest absolute Gasteiger partial charge is 0.266 e. The largest absolute Gasteiger partial charge is 0.348 e. The standard InChI is InChI=1S/C35H34N4O3S/c1-22-14-20-27(21-15-22)43(41,42)37-36-35(40)26-18-16-25(17-19-26)34(32-23(2)38(4)30-12-8-6-10-28(30)32)33-24(3)39(5)31-13-9-7-11-29(31)33/h6-21,34,37H,1-5H3,(H,36,40). The number of aryl methyl sites for hydroxylation is 3. The zero-order chi connectivity index (χ0) is 30.5. The normalized spacial score (nSPS) is 12.0. The third-order valence-corrected chi connectivity index (χ3v) is 9.87. The first kappa shape index (κ1) is 28.5. The third kappa shape index (κ3) is 4.92. The molecule has 0 aliphatic rings. The van der Waals surface area contributed by atoms with Crippen molar-refractivity contribution >= 4 is 37.7 Å². The molecule has 0 aliphatic heterocycles. The van der Waals surface area contributed by atoms with Crippen LogP contribution in [0.5, 0.6) is 0 Å². The quantitative estimate of drug-likeness (QED) is 0.211. The summed E-state index contributed by atoms with van der Waals surface area (Å²) in [6.45, 7) is 6.19. The molecule has 4 aromatic carbocycles. The Hall–Kier alpha value is -4.66. The number of aromatic nitrogens is 2. The average molecular weight is 591 g/mol. The topological polar surface area (TPSA) is 85.1 Å². The van der Waals surface area contributed by atoms with E-state index >= 15 is 0 Å². The van der Waals surface area contributed by atoms with Gasteiger partial charge in [-0.25, -0.2) is 8.42 Å². The van der Waals surface area contributed by atoms with E-state index in [4.69, 9.17) is 0 Å². The molecule has 2 aromatic heterocycles. The number of nitrogens with zero attached hydrogens (tertiary/aromatic N) is 2. The second-order valence-electron chi connectivity index (χ2n) is 11.1. The molecule has 43 heavy (non-hydrogen) atoms. The first-order chi connectivity index (χ1) is 20.6. The summed E-state index contributed by atoms with van der Waals surface area (Å²) in [6, 6.07) is 30.8. The maximum Gasteiger partial charge on any atom is 0.266 e. The van der Waals surface area contributed by atoms with Crippen LogP contribution >= 0.6 is 0 Å². The van der Waals surface area contributed by atoms with Crippen LogP contribution in [0, 0.1) is 20.8 Å². The van der Waals surface area contributed by atoms with Crippen molar-refractivity contribution in [2.24, 2.45) is 14.1 Å². The van der Waals surface area contributed by atoms with Crippen molar-refractivity contribution in [3.05, 3.63) is 136 Å². The van der Waals surface area contributed by atoms with Crippen LogP contribution in [0.1, 0.15) is 49.9 Å². The molecule has 8 heteroatoms. The van der Waals surface area contributed by atoms with Crippen molar-refractivity contribution in [1.29, 1.82) is 0 Å². The highest BCUT2D eigenvalue weighted by Crippen LogP contribution is 2.44. The molecule has 2 heterocycles. The lowest BCUT2D eigenvalue weighted by Gasteiger charge is -2.21. The minimum Gasteiger partial charge on any atom is -0.348 e. The lowest BCUT2D eigenvalue weighted by Crippen LogP contribution is -2.41. The lowest BCUT2D eigenvalue weighted by atomic mass is 9.82. The summed E-state index contributed by atoms with van der Waals surface area (Å²) in [5, 5.41) is 2.37. The van der Waals surface area contributed by atoms with Crippen molar-refractivity contribution in [3.8, 4) is 0 Å². The molecule has 0 unspecified atom stereocenters. The van der Waals surface area contributed by atoms with E-state index in [2.05, 4.69) is 95.9 Å². The Kier molecular flexibility index (Phi) is 7.20. The fourth-order valence-corrected chi connectivity index (χ4v) is 6.93. The maximum absolute atomic E-state index is 13.0. The summed E-state index contributed by atoms with van der Waals surface area (Å²) < 4.78 is 29.8. The lowest BCUT2D eigenvalue weighted by molar-refractivity contribution is 0.0945. The van der Waals surface area contributed by atoms with Gasteiger partial charge in [-0.05, 0) is 73.9 Å². The molecule has 0 saturated heterocycles. The van der Waals surface area contributed by atoms with Gasteiger partial charge < -0.3 is 9.13 Å². The Labute approximate surface area is 251 Å². The van der Waals surface area contributed by atoms with E-state index in [9.17, 15) is 13.2 Å². The van der Waals surface area contributed by atoms with E-state index < -0.39 is 15.9 Å². The van der Waals surface area contributed by atoms with Gasteiger partial charge in [0.05, 0.1) is 4.90 Å². The monoisotopic (exact) mass is 590 g/mol. The van der Waals surface area contributed by atoms with Gasteiger partial charge in [-0.15, -0.1) is 4.83 Å². The Bertz CT molecular complexity index is 2020. The van der Waals surface area contributed by atoms with Gasteiger partial charge in [0, 0.05) is 58.8 Å². The summed E-state index contributed by atoms with van der Waals surface area (Å²) in [5.74, 6) is -0.643. The van der Waals surface area contributed by atoms with Gasteiger partial charge in [0.2, 0.25) is 0 Å². The maximum atomic E-state index is 13.0. The van der Waals surface area contributed by atoms with Gasteiger partial charge in [-0.1, -0.05) is 66.2 Å². The van der Waals surface area contributed by atoms with Gasteiger partial charge in [0.25, 0.3) is 15.9 Å². The molecule has 6 aromatic rings. The van der Waals surface area contributed by atoms with Crippen LogP contribution in [0.2, 0.25) is 0 Å². The fraction of sp³-hybridized carbons (Fsp3) is 0.171. The summed E-state index contributed by atoms with van der Waals surface area (Å²) in [5.41, 5.74) is 11.8. The van der Waals surface area contributed by atoms with Crippen LogP contribution in [-0.2, 0) is 24.1 Å². The second-order valence-corrected chi connectivity index (χ2v) is 12.8. The number of hydrazine groups is 1. The van der Waals surface area contributed by atoms with Gasteiger partial charge in [-0.3, -0.25) is 10.2 Å². The summed E-state index contributed by atoms with van der Waals surface area (Å²) >= 11 is 0. The predicted octanol–water partition coefficient (Wildman–Crippen LogP) is 6.40. The number of para-hydroxylation sites is 2.